The van der Waals surface area contributed by atoms with Crippen molar-refractivity contribution in [3.05, 3.63) is 0 Å². The lowest BCUT2D eigenvalue weighted by atomic mass is 9.90. The number of Topliss-reactive ketones (excluding diaryl/α,β-unsaturated/α-hetero) is 1. The Kier molecular flexibility index (Phi) is 4.25. The molecule has 1 atom stereocenters. The zero-order valence-electron chi connectivity index (χ0n) is 9.82. The molecule has 88 valence electrons. The van der Waals surface area contributed by atoms with E-state index in [1.54, 1.807) is 0 Å². The summed E-state index contributed by atoms with van der Waals surface area (Å²) in [5.41, 5.74) is -0.285. The van der Waals surface area contributed by atoms with Crippen LogP contribution in [0, 0.1) is 5.41 Å². The largest absolute Gasteiger partial charge is 0.394 e. The fraction of sp³-hybridized carbons (Fsp3) is 0.909. The van der Waals surface area contributed by atoms with Crippen molar-refractivity contribution >= 4 is 5.78 Å². The number of aliphatic hydroxyl groups excluding tert-OH is 1. The molecule has 1 saturated heterocycles. The summed E-state index contributed by atoms with van der Waals surface area (Å²) >= 11 is 0. The first-order chi connectivity index (χ1) is 6.93. The van der Waals surface area contributed by atoms with Gasteiger partial charge in [0.1, 0.15) is 0 Å². The third-order valence-electron chi connectivity index (χ3n) is 2.63. The molecule has 1 fully saturated rings. The van der Waals surface area contributed by atoms with Gasteiger partial charge in [0.2, 0.25) is 0 Å². The summed E-state index contributed by atoms with van der Waals surface area (Å²) in [6.45, 7) is 8.31. The highest BCUT2D eigenvalue weighted by atomic mass is 16.5. The Morgan fingerprint density at radius 2 is 2.20 bits per heavy atom. The first-order valence-corrected chi connectivity index (χ1v) is 5.41. The summed E-state index contributed by atoms with van der Waals surface area (Å²) in [6, 6.07) is 0. The third kappa shape index (κ3) is 3.89. The third-order valence-corrected chi connectivity index (χ3v) is 2.63. The van der Waals surface area contributed by atoms with Gasteiger partial charge in [0.05, 0.1) is 25.9 Å². The van der Waals surface area contributed by atoms with Gasteiger partial charge in [0.15, 0.2) is 5.78 Å². The van der Waals surface area contributed by atoms with E-state index in [9.17, 15) is 4.79 Å². The lowest BCUT2D eigenvalue weighted by Crippen LogP contribution is -2.47. The number of morpholine rings is 1. The van der Waals surface area contributed by atoms with Crippen LogP contribution in [0.15, 0.2) is 0 Å². The molecule has 1 unspecified atom stereocenters. The SMILES string of the molecule is CC(C)(C)C(=O)CN1CCOC(CO)C1. The first-order valence-electron chi connectivity index (χ1n) is 5.41. The van der Waals surface area contributed by atoms with E-state index in [1.165, 1.54) is 0 Å². The number of hydrogen-bond acceptors (Lipinski definition) is 4. The number of rotatable bonds is 3. The van der Waals surface area contributed by atoms with Gasteiger partial charge in [-0.1, -0.05) is 20.8 Å². The molecule has 0 aromatic carbocycles. The molecule has 4 heteroatoms. The van der Waals surface area contributed by atoms with E-state index < -0.39 is 0 Å². The molecule has 1 aliphatic rings. The zero-order chi connectivity index (χ0) is 11.5. The molecule has 0 bridgehead atoms. The molecule has 0 aliphatic carbocycles. The fourth-order valence-electron chi connectivity index (χ4n) is 1.47. The van der Waals surface area contributed by atoms with Crippen molar-refractivity contribution in [3.63, 3.8) is 0 Å². The predicted octanol–water partition coefficient (Wildman–Crippen LogP) is 0.295. The molecule has 1 heterocycles. The summed E-state index contributed by atoms with van der Waals surface area (Å²) in [6.07, 6.45) is -0.133. The normalized spacial score (nSPS) is 24.1. The van der Waals surface area contributed by atoms with Gasteiger partial charge in [0.25, 0.3) is 0 Å². The molecule has 4 nitrogen and oxygen atoms in total. The van der Waals surface area contributed by atoms with Crippen LogP contribution in [-0.4, -0.2) is 54.7 Å². The molecule has 0 aromatic heterocycles. The summed E-state index contributed by atoms with van der Waals surface area (Å²) < 4.78 is 5.32. The van der Waals surface area contributed by atoms with Gasteiger partial charge in [0, 0.05) is 18.5 Å². The number of nitrogens with zero attached hydrogens (tertiary/aromatic N) is 1. The van der Waals surface area contributed by atoms with Crippen LogP contribution in [0.1, 0.15) is 20.8 Å². The van der Waals surface area contributed by atoms with Crippen LogP contribution in [-0.2, 0) is 9.53 Å². The average molecular weight is 215 g/mol. The van der Waals surface area contributed by atoms with Gasteiger partial charge in [-0.3, -0.25) is 9.69 Å². The predicted molar refractivity (Wildman–Crippen MR) is 57.7 cm³/mol. The van der Waals surface area contributed by atoms with E-state index in [2.05, 4.69) is 4.90 Å². The van der Waals surface area contributed by atoms with E-state index in [4.69, 9.17) is 9.84 Å². The number of hydrogen-bond donors (Lipinski definition) is 1. The van der Waals surface area contributed by atoms with Crippen molar-refractivity contribution in [1.29, 1.82) is 0 Å². The van der Waals surface area contributed by atoms with Gasteiger partial charge < -0.3 is 9.84 Å². The summed E-state index contributed by atoms with van der Waals surface area (Å²) in [5.74, 6) is 0.237. The first kappa shape index (κ1) is 12.6. The van der Waals surface area contributed by atoms with Gasteiger partial charge in [-0.05, 0) is 0 Å². The van der Waals surface area contributed by atoms with Crippen molar-refractivity contribution in [1.82, 2.24) is 4.90 Å². The molecule has 0 spiro atoms. The second kappa shape index (κ2) is 5.05. The highest BCUT2D eigenvalue weighted by Crippen LogP contribution is 2.16. The lowest BCUT2D eigenvalue weighted by Gasteiger charge is -2.32. The van der Waals surface area contributed by atoms with Crippen LogP contribution < -0.4 is 0 Å². The van der Waals surface area contributed by atoms with Crippen LogP contribution in [0.3, 0.4) is 0 Å². The van der Waals surface area contributed by atoms with Gasteiger partial charge in [-0.2, -0.15) is 0 Å². The molecule has 0 radical (unpaired) electrons. The van der Waals surface area contributed by atoms with Crippen molar-refractivity contribution < 1.29 is 14.6 Å². The molecular weight excluding hydrogens is 194 g/mol. The van der Waals surface area contributed by atoms with Crippen LogP contribution in [0.2, 0.25) is 0 Å². The topological polar surface area (TPSA) is 49.8 Å². The van der Waals surface area contributed by atoms with Gasteiger partial charge >= 0.3 is 0 Å². The summed E-state index contributed by atoms with van der Waals surface area (Å²) in [4.78, 5) is 13.8. The number of carbonyl (C=O) groups excluding carboxylic acids is 1. The van der Waals surface area contributed by atoms with Crippen molar-refractivity contribution in [2.75, 3.05) is 32.8 Å². The minimum absolute atomic E-state index is 0.0280. The minimum atomic E-state index is -0.285. The summed E-state index contributed by atoms with van der Waals surface area (Å²) in [5, 5.41) is 8.97. The van der Waals surface area contributed by atoms with Crippen LogP contribution in [0.5, 0.6) is 0 Å². The van der Waals surface area contributed by atoms with Crippen molar-refractivity contribution in [2.24, 2.45) is 5.41 Å². The van der Waals surface area contributed by atoms with E-state index in [0.29, 0.717) is 19.7 Å². The maximum Gasteiger partial charge on any atom is 0.152 e. The van der Waals surface area contributed by atoms with E-state index in [-0.39, 0.29) is 23.9 Å². The highest BCUT2D eigenvalue weighted by Gasteiger charge is 2.26. The molecule has 0 amide bonds. The van der Waals surface area contributed by atoms with E-state index >= 15 is 0 Å². The summed E-state index contributed by atoms with van der Waals surface area (Å²) in [7, 11) is 0. The second-order valence-electron chi connectivity index (χ2n) is 5.08. The number of ketones is 1. The smallest absolute Gasteiger partial charge is 0.152 e. The Morgan fingerprint density at radius 1 is 1.53 bits per heavy atom. The van der Waals surface area contributed by atoms with E-state index in [0.717, 1.165) is 6.54 Å². The average Bonchev–Trinajstić information content (AvgIpc) is 2.16. The Labute approximate surface area is 91.2 Å². The molecule has 1 N–H and O–H groups in total. The van der Waals surface area contributed by atoms with Crippen LogP contribution in [0.25, 0.3) is 0 Å². The molecule has 0 aromatic rings. The Hall–Kier alpha value is -0.450. The number of ether oxygens (including phenoxy) is 1. The molecule has 1 rings (SSSR count). The van der Waals surface area contributed by atoms with Crippen molar-refractivity contribution in [3.8, 4) is 0 Å². The Balaban J connectivity index is 2.41. The van der Waals surface area contributed by atoms with Crippen LogP contribution in [0.4, 0.5) is 0 Å². The number of aliphatic hydroxyl groups is 1. The number of carbonyl (C=O) groups is 1. The Bertz CT molecular complexity index is 222. The fourth-order valence-corrected chi connectivity index (χ4v) is 1.47. The van der Waals surface area contributed by atoms with Gasteiger partial charge in [-0.15, -0.1) is 0 Å². The lowest BCUT2D eigenvalue weighted by molar-refractivity contribution is -0.130. The standard InChI is InChI=1S/C11H21NO3/c1-11(2,3)10(14)7-12-4-5-15-9(6-12)8-13/h9,13H,4-8H2,1-3H3. The minimum Gasteiger partial charge on any atom is -0.394 e. The van der Waals surface area contributed by atoms with Gasteiger partial charge in [-0.25, -0.2) is 0 Å². The molecule has 1 aliphatic heterocycles. The monoisotopic (exact) mass is 215 g/mol. The zero-order valence-corrected chi connectivity index (χ0v) is 9.82. The maximum absolute atomic E-state index is 11.8. The molecular formula is C11H21NO3. The Morgan fingerprint density at radius 3 is 2.73 bits per heavy atom. The molecule has 0 saturated carbocycles. The second-order valence-corrected chi connectivity index (χ2v) is 5.08. The van der Waals surface area contributed by atoms with Crippen LogP contribution >= 0.6 is 0 Å². The maximum atomic E-state index is 11.8. The van der Waals surface area contributed by atoms with E-state index in [1.807, 2.05) is 20.8 Å². The van der Waals surface area contributed by atoms with Crippen molar-refractivity contribution in [2.45, 2.75) is 26.9 Å². The quantitative estimate of drug-likeness (QED) is 0.735. The highest BCUT2D eigenvalue weighted by molar-refractivity contribution is 5.85. The molecule has 15 heavy (non-hydrogen) atoms.